The van der Waals surface area contributed by atoms with Gasteiger partial charge < -0.3 is 4.74 Å². The second-order valence-corrected chi connectivity index (χ2v) is 3.10. The highest BCUT2D eigenvalue weighted by atomic mass is 19.1. The molecule has 0 N–H and O–H groups in total. The third-order valence-corrected chi connectivity index (χ3v) is 1.93. The van der Waals surface area contributed by atoms with E-state index in [9.17, 15) is 4.39 Å². The lowest BCUT2D eigenvalue weighted by Gasteiger charge is -2.06. The average Bonchev–Trinajstić information content (AvgIpc) is 2.25. The topological polar surface area (TPSA) is 9.23 Å². The minimum absolute atomic E-state index is 0.140. The number of rotatable bonds is 2. The molecule has 2 radical (unpaired) electrons. The van der Waals surface area contributed by atoms with Gasteiger partial charge in [0, 0.05) is 0 Å². The maximum Gasteiger partial charge on any atom is 0.165 e. The van der Waals surface area contributed by atoms with Crippen molar-refractivity contribution in [1.29, 1.82) is 0 Å². The summed E-state index contributed by atoms with van der Waals surface area (Å²) in [4.78, 5) is 0. The average molecular weight is 200 g/mol. The number of halogens is 1. The minimum atomic E-state index is -0.423. The summed E-state index contributed by atoms with van der Waals surface area (Å²) in [5.41, 5.74) is 0.474. The predicted octanol–water partition coefficient (Wildman–Crippen LogP) is 3.68. The Balaban J connectivity index is 2.28. The van der Waals surface area contributed by atoms with Crippen molar-refractivity contribution >= 4 is 0 Å². The molecule has 0 aliphatic carbocycles. The van der Waals surface area contributed by atoms with Gasteiger partial charge in [0.25, 0.3) is 0 Å². The van der Waals surface area contributed by atoms with Gasteiger partial charge in [0.1, 0.15) is 5.75 Å². The lowest BCUT2D eigenvalue weighted by molar-refractivity contribution is 0.442. The van der Waals surface area contributed by atoms with Crippen LogP contribution in [0.1, 0.15) is 5.56 Å². The van der Waals surface area contributed by atoms with Gasteiger partial charge in [0.2, 0.25) is 0 Å². The van der Waals surface area contributed by atoms with E-state index in [0.717, 1.165) is 0 Å². The van der Waals surface area contributed by atoms with Crippen molar-refractivity contribution in [1.82, 2.24) is 0 Å². The lowest BCUT2D eigenvalue weighted by Crippen LogP contribution is -1.88. The molecule has 0 aliphatic rings. The van der Waals surface area contributed by atoms with Crippen LogP contribution in [0.25, 0.3) is 0 Å². The fourth-order valence-corrected chi connectivity index (χ4v) is 1.21. The van der Waals surface area contributed by atoms with Gasteiger partial charge in [0.05, 0.1) is 0 Å². The first-order valence-corrected chi connectivity index (χ1v) is 4.53. The van der Waals surface area contributed by atoms with Crippen LogP contribution in [0.4, 0.5) is 4.39 Å². The molecule has 0 unspecified atom stereocenters. The van der Waals surface area contributed by atoms with Crippen molar-refractivity contribution in [2.45, 2.75) is 0 Å². The third kappa shape index (κ3) is 2.34. The van der Waals surface area contributed by atoms with Gasteiger partial charge in [-0.2, -0.15) is 0 Å². The molecule has 0 saturated carbocycles. The van der Waals surface area contributed by atoms with Gasteiger partial charge in [-0.15, -0.1) is 0 Å². The van der Waals surface area contributed by atoms with E-state index in [1.807, 2.05) is 18.2 Å². The molecule has 0 amide bonds. The molecule has 2 aromatic rings. The van der Waals surface area contributed by atoms with Crippen molar-refractivity contribution in [2.75, 3.05) is 0 Å². The van der Waals surface area contributed by atoms with Crippen LogP contribution in [-0.4, -0.2) is 0 Å². The van der Waals surface area contributed by atoms with E-state index >= 15 is 0 Å². The van der Waals surface area contributed by atoms with Crippen LogP contribution in [0.2, 0.25) is 0 Å². The molecule has 2 aromatic carbocycles. The van der Waals surface area contributed by atoms with Crippen LogP contribution in [-0.2, 0) is 0 Å². The Morgan fingerprint density at radius 2 is 1.73 bits per heavy atom. The minimum Gasteiger partial charge on any atom is -0.454 e. The quantitative estimate of drug-likeness (QED) is 0.718. The van der Waals surface area contributed by atoms with Gasteiger partial charge in [-0.1, -0.05) is 24.3 Å². The molecule has 0 fully saturated rings. The van der Waals surface area contributed by atoms with E-state index in [-0.39, 0.29) is 5.75 Å². The van der Waals surface area contributed by atoms with Crippen LogP contribution in [0, 0.1) is 12.7 Å². The monoisotopic (exact) mass is 200 g/mol. The molecule has 2 heteroatoms. The smallest absolute Gasteiger partial charge is 0.165 e. The number of ether oxygens (including phenoxy) is 1. The fraction of sp³-hybridized carbons (Fsp3) is 0. The van der Waals surface area contributed by atoms with Crippen molar-refractivity contribution in [3.8, 4) is 11.5 Å². The Morgan fingerprint density at radius 3 is 2.47 bits per heavy atom. The van der Waals surface area contributed by atoms with Crippen LogP contribution >= 0.6 is 0 Å². The first-order chi connectivity index (χ1) is 7.25. The number of para-hydroxylation sites is 1. The maximum absolute atomic E-state index is 13.3. The SMILES string of the molecule is [CH]c1ccc(F)c(Oc2ccccc2)c1. The zero-order chi connectivity index (χ0) is 10.7. The predicted molar refractivity (Wildman–Crippen MR) is 56.3 cm³/mol. The van der Waals surface area contributed by atoms with Crippen molar-refractivity contribution in [3.63, 3.8) is 0 Å². The van der Waals surface area contributed by atoms with E-state index < -0.39 is 5.82 Å². The summed E-state index contributed by atoms with van der Waals surface area (Å²) in [6, 6.07) is 13.2. The van der Waals surface area contributed by atoms with Crippen LogP contribution in [0.3, 0.4) is 0 Å². The van der Waals surface area contributed by atoms with Crippen LogP contribution in [0.5, 0.6) is 11.5 Å². The van der Waals surface area contributed by atoms with E-state index in [1.54, 1.807) is 12.1 Å². The first-order valence-electron chi connectivity index (χ1n) is 4.53. The lowest BCUT2D eigenvalue weighted by atomic mass is 10.2. The summed E-state index contributed by atoms with van der Waals surface area (Å²) in [6.07, 6.45) is 0. The zero-order valence-corrected chi connectivity index (χ0v) is 7.98. The van der Waals surface area contributed by atoms with Gasteiger partial charge in [-0.25, -0.2) is 4.39 Å². The first kappa shape index (κ1) is 9.71. The summed E-state index contributed by atoms with van der Waals surface area (Å²) in [5, 5.41) is 0. The number of hydrogen-bond acceptors (Lipinski definition) is 1. The molecule has 2 rings (SSSR count). The molecule has 0 heterocycles. The molecular weight excluding hydrogens is 191 g/mol. The van der Waals surface area contributed by atoms with Gasteiger partial charge in [0.15, 0.2) is 11.6 Å². The van der Waals surface area contributed by atoms with Gasteiger partial charge in [-0.05, 0) is 36.8 Å². The molecular formula is C13H9FO. The maximum atomic E-state index is 13.3. The Morgan fingerprint density at radius 1 is 1.00 bits per heavy atom. The van der Waals surface area contributed by atoms with Crippen molar-refractivity contribution < 1.29 is 9.13 Å². The van der Waals surface area contributed by atoms with E-state index in [4.69, 9.17) is 11.7 Å². The zero-order valence-electron chi connectivity index (χ0n) is 7.98. The standard InChI is InChI=1S/C13H9FO/c1-10-7-8-12(14)13(9-10)15-11-5-3-2-4-6-11/h1-9H. The normalized spacial score (nSPS) is 10.0. The Kier molecular flexibility index (Phi) is 2.68. The summed E-state index contributed by atoms with van der Waals surface area (Å²) in [6.45, 7) is 5.53. The van der Waals surface area contributed by atoms with E-state index in [1.165, 1.54) is 18.2 Å². The molecule has 0 atom stereocenters. The third-order valence-electron chi connectivity index (χ3n) is 1.93. The molecule has 15 heavy (non-hydrogen) atoms. The Bertz CT molecular complexity index is 451. The highest BCUT2D eigenvalue weighted by Crippen LogP contribution is 2.24. The van der Waals surface area contributed by atoms with Crippen LogP contribution in [0.15, 0.2) is 48.5 Å². The van der Waals surface area contributed by atoms with E-state index in [2.05, 4.69) is 0 Å². The molecule has 74 valence electrons. The van der Waals surface area contributed by atoms with Crippen LogP contribution < -0.4 is 4.74 Å². The molecule has 0 saturated heterocycles. The Labute approximate surface area is 88.1 Å². The number of benzene rings is 2. The van der Waals surface area contributed by atoms with Crippen molar-refractivity contribution in [2.24, 2.45) is 0 Å². The van der Waals surface area contributed by atoms with E-state index in [0.29, 0.717) is 11.3 Å². The van der Waals surface area contributed by atoms with Crippen molar-refractivity contribution in [3.05, 3.63) is 66.8 Å². The summed E-state index contributed by atoms with van der Waals surface area (Å²) < 4.78 is 18.6. The molecule has 0 aliphatic heterocycles. The van der Waals surface area contributed by atoms with Gasteiger partial charge >= 0.3 is 0 Å². The molecule has 0 aromatic heterocycles. The summed E-state index contributed by atoms with van der Waals surface area (Å²) in [7, 11) is 0. The highest BCUT2D eigenvalue weighted by molar-refractivity contribution is 5.35. The number of hydrogen-bond donors (Lipinski definition) is 0. The molecule has 1 nitrogen and oxygen atoms in total. The van der Waals surface area contributed by atoms with Gasteiger partial charge in [-0.3, -0.25) is 0 Å². The fourth-order valence-electron chi connectivity index (χ4n) is 1.21. The largest absolute Gasteiger partial charge is 0.454 e. The highest BCUT2D eigenvalue weighted by Gasteiger charge is 2.04. The second kappa shape index (κ2) is 4.13. The summed E-state index contributed by atoms with van der Waals surface area (Å²) in [5.74, 6) is 0.302. The molecule has 0 bridgehead atoms. The molecule has 0 spiro atoms. The second-order valence-electron chi connectivity index (χ2n) is 3.10. The Hall–Kier alpha value is -1.83. The summed E-state index contributed by atoms with van der Waals surface area (Å²) >= 11 is 0.